The molecule has 144 valence electrons. The minimum absolute atomic E-state index is 0.00798. The lowest BCUT2D eigenvalue weighted by Gasteiger charge is -2.12. The quantitative estimate of drug-likeness (QED) is 0.366. The fraction of sp³-hybridized carbons (Fsp3) is 0.316. The Kier molecular flexibility index (Phi) is 4.91. The number of aryl methyl sites for hydroxylation is 1. The number of carbonyl (C=O) groups excluding carboxylic acids is 1. The summed E-state index contributed by atoms with van der Waals surface area (Å²) in [5.74, 6) is 0.182. The molecule has 0 radical (unpaired) electrons. The van der Waals surface area contributed by atoms with Crippen molar-refractivity contribution in [2.45, 2.75) is 32.6 Å². The zero-order valence-corrected chi connectivity index (χ0v) is 16.1. The van der Waals surface area contributed by atoms with Crippen LogP contribution < -0.4 is 0 Å². The second-order valence-corrected chi connectivity index (χ2v) is 7.49. The Balaban J connectivity index is 1.82. The van der Waals surface area contributed by atoms with Gasteiger partial charge in [0.15, 0.2) is 5.82 Å². The van der Waals surface area contributed by atoms with Gasteiger partial charge in [-0.3, -0.25) is 10.1 Å². The minimum atomic E-state index is -0.444. The summed E-state index contributed by atoms with van der Waals surface area (Å²) >= 11 is 1.54. The topological polar surface area (TPSA) is 100 Å². The first kappa shape index (κ1) is 18.3. The fourth-order valence-electron chi connectivity index (χ4n) is 3.43. The van der Waals surface area contributed by atoms with Gasteiger partial charge in [-0.1, -0.05) is 0 Å². The molecule has 1 aliphatic carbocycles. The number of aromatic nitrogens is 3. The number of ether oxygens (including phenoxy) is 1. The maximum Gasteiger partial charge on any atom is 0.341 e. The number of nitrogens with zero attached hydrogens (tertiary/aromatic N) is 4. The van der Waals surface area contributed by atoms with Crippen LogP contribution >= 0.6 is 11.3 Å². The van der Waals surface area contributed by atoms with Crippen LogP contribution in [0.1, 0.15) is 40.6 Å². The van der Waals surface area contributed by atoms with Gasteiger partial charge in [0.2, 0.25) is 0 Å². The molecule has 0 unspecified atom stereocenters. The molecule has 28 heavy (non-hydrogen) atoms. The van der Waals surface area contributed by atoms with Gasteiger partial charge < -0.3 is 4.74 Å². The van der Waals surface area contributed by atoms with Crippen molar-refractivity contribution in [1.82, 2.24) is 14.8 Å². The summed E-state index contributed by atoms with van der Waals surface area (Å²) in [5, 5.41) is 15.9. The summed E-state index contributed by atoms with van der Waals surface area (Å²) in [5.41, 5.74) is 2.31. The average Bonchev–Trinajstić information content (AvgIpc) is 3.32. The van der Waals surface area contributed by atoms with E-state index in [1.807, 2.05) is 0 Å². The standard InChI is InChI=1S/C19H18N4O4S/c1-2-27-19(24)16-14-5-3-4-6-15(14)28-18(16)22-17(20-11-21-22)12-7-9-13(10-8-12)23(25)26/h7-11H,2-6H2,1H3. The van der Waals surface area contributed by atoms with E-state index in [2.05, 4.69) is 10.1 Å². The normalized spacial score (nSPS) is 13.2. The largest absolute Gasteiger partial charge is 0.462 e. The lowest BCUT2D eigenvalue weighted by Crippen LogP contribution is -2.12. The highest BCUT2D eigenvalue weighted by atomic mass is 32.1. The number of carbonyl (C=O) groups is 1. The number of rotatable bonds is 5. The number of non-ortho nitro benzene ring substituents is 1. The van der Waals surface area contributed by atoms with Crippen LogP contribution in [0.15, 0.2) is 30.6 Å². The monoisotopic (exact) mass is 398 g/mol. The Morgan fingerprint density at radius 3 is 2.75 bits per heavy atom. The van der Waals surface area contributed by atoms with Crippen molar-refractivity contribution in [2.75, 3.05) is 6.61 Å². The molecule has 0 bridgehead atoms. The summed E-state index contributed by atoms with van der Waals surface area (Å²) in [4.78, 5) is 28.7. The summed E-state index contributed by atoms with van der Waals surface area (Å²) in [6, 6.07) is 6.13. The molecular weight excluding hydrogens is 380 g/mol. The zero-order valence-electron chi connectivity index (χ0n) is 15.3. The molecule has 8 nitrogen and oxygen atoms in total. The molecule has 0 fully saturated rings. The van der Waals surface area contributed by atoms with Gasteiger partial charge >= 0.3 is 5.97 Å². The summed E-state index contributed by atoms with van der Waals surface area (Å²) < 4.78 is 6.95. The van der Waals surface area contributed by atoms with Crippen LogP contribution in [0.3, 0.4) is 0 Å². The van der Waals surface area contributed by atoms with Crippen molar-refractivity contribution < 1.29 is 14.5 Å². The molecule has 0 saturated carbocycles. The van der Waals surface area contributed by atoms with Crippen molar-refractivity contribution in [2.24, 2.45) is 0 Å². The third-order valence-corrected chi connectivity index (χ3v) is 5.98. The molecule has 4 rings (SSSR count). The number of benzene rings is 1. The number of esters is 1. The molecule has 0 saturated heterocycles. The van der Waals surface area contributed by atoms with Crippen LogP contribution in [0, 0.1) is 10.1 Å². The number of hydrogen-bond acceptors (Lipinski definition) is 7. The lowest BCUT2D eigenvalue weighted by atomic mass is 9.95. The van der Waals surface area contributed by atoms with Gasteiger partial charge in [0, 0.05) is 22.6 Å². The van der Waals surface area contributed by atoms with Crippen LogP contribution in [-0.2, 0) is 17.6 Å². The SMILES string of the molecule is CCOC(=O)c1c(-n2ncnc2-c2ccc([N+](=O)[O-])cc2)sc2c1CCCC2. The first-order valence-electron chi connectivity index (χ1n) is 9.07. The molecule has 2 aromatic heterocycles. The Labute approximate surface area is 164 Å². The molecule has 9 heteroatoms. The predicted molar refractivity (Wildman–Crippen MR) is 104 cm³/mol. The smallest absolute Gasteiger partial charge is 0.341 e. The second-order valence-electron chi connectivity index (χ2n) is 6.41. The van der Waals surface area contributed by atoms with E-state index in [-0.39, 0.29) is 11.7 Å². The maximum absolute atomic E-state index is 12.7. The number of hydrogen-bond donors (Lipinski definition) is 0. The van der Waals surface area contributed by atoms with Crippen LogP contribution in [0.5, 0.6) is 0 Å². The number of nitro groups is 1. The maximum atomic E-state index is 12.7. The third-order valence-electron chi connectivity index (χ3n) is 4.71. The predicted octanol–water partition coefficient (Wildman–Crippen LogP) is 3.96. The van der Waals surface area contributed by atoms with Gasteiger partial charge in [-0.25, -0.2) is 14.5 Å². The molecular formula is C19H18N4O4S. The van der Waals surface area contributed by atoms with E-state index in [9.17, 15) is 14.9 Å². The Morgan fingerprint density at radius 1 is 1.29 bits per heavy atom. The molecule has 2 heterocycles. The van der Waals surface area contributed by atoms with E-state index in [0.29, 0.717) is 28.6 Å². The first-order chi connectivity index (χ1) is 13.6. The Hall–Kier alpha value is -3.07. The van der Waals surface area contributed by atoms with Gasteiger partial charge in [-0.2, -0.15) is 5.10 Å². The van der Waals surface area contributed by atoms with Crippen molar-refractivity contribution in [1.29, 1.82) is 0 Å². The van der Waals surface area contributed by atoms with Crippen LogP contribution in [0.4, 0.5) is 5.69 Å². The molecule has 1 aliphatic rings. The zero-order chi connectivity index (χ0) is 19.7. The first-order valence-corrected chi connectivity index (χ1v) is 9.88. The molecule has 1 aromatic carbocycles. The van der Waals surface area contributed by atoms with E-state index in [1.54, 1.807) is 35.1 Å². The van der Waals surface area contributed by atoms with E-state index in [1.165, 1.54) is 23.3 Å². The number of fused-ring (bicyclic) bond motifs is 1. The van der Waals surface area contributed by atoms with Crippen molar-refractivity contribution in [3.8, 4) is 16.4 Å². The van der Waals surface area contributed by atoms with E-state index in [0.717, 1.165) is 31.2 Å². The van der Waals surface area contributed by atoms with Crippen LogP contribution in [-0.4, -0.2) is 32.3 Å². The molecule has 0 spiro atoms. The van der Waals surface area contributed by atoms with E-state index >= 15 is 0 Å². The summed E-state index contributed by atoms with van der Waals surface area (Å²) in [6.07, 6.45) is 5.35. The highest BCUT2D eigenvalue weighted by molar-refractivity contribution is 7.15. The van der Waals surface area contributed by atoms with Gasteiger partial charge in [0.1, 0.15) is 11.3 Å². The van der Waals surface area contributed by atoms with Crippen molar-refractivity contribution >= 4 is 23.0 Å². The van der Waals surface area contributed by atoms with Crippen LogP contribution in [0.25, 0.3) is 16.4 Å². The highest BCUT2D eigenvalue weighted by Gasteiger charge is 2.29. The van der Waals surface area contributed by atoms with Gasteiger partial charge in [0.05, 0.1) is 17.1 Å². The summed E-state index contributed by atoms with van der Waals surface area (Å²) in [7, 11) is 0. The number of nitro benzene ring substituents is 1. The average molecular weight is 398 g/mol. The second kappa shape index (κ2) is 7.51. The molecule has 0 N–H and O–H groups in total. The van der Waals surface area contributed by atoms with E-state index in [4.69, 9.17) is 4.74 Å². The van der Waals surface area contributed by atoms with Crippen LogP contribution in [0.2, 0.25) is 0 Å². The fourth-order valence-corrected chi connectivity index (χ4v) is 4.77. The molecule has 0 aliphatic heterocycles. The third kappa shape index (κ3) is 3.18. The van der Waals surface area contributed by atoms with Crippen molar-refractivity contribution in [3.05, 3.63) is 56.7 Å². The Bertz CT molecular complexity index is 1040. The van der Waals surface area contributed by atoms with Gasteiger partial charge in [0.25, 0.3) is 5.69 Å². The Morgan fingerprint density at radius 2 is 2.04 bits per heavy atom. The highest BCUT2D eigenvalue weighted by Crippen LogP contribution is 2.38. The molecule has 0 atom stereocenters. The number of thiophene rings is 1. The summed E-state index contributed by atoms with van der Waals surface area (Å²) in [6.45, 7) is 2.09. The van der Waals surface area contributed by atoms with E-state index < -0.39 is 4.92 Å². The molecule has 3 aromatic rings. The van der Waals surface area contributed by atoms with Gasteiger partial charge in [-0.05, 0) is 50.3 Å². The molecule has 0 amide bonds. The lowest BCUT2D eigenvalue weighted by molar-refractivity contribution is -0.384. The van der Waals surface area contributed by atoms with Crippen molar-refractivity contribution in [3.63, 3.8) is 0 Å². The minimum Gasteiger partial charge on any atom is -0.462 e. The van der Waals surface area contributed by atoms with Gasteiger partial charge in [-0.15, -0.1) is 11.3 Å².